The van der Waals surface area contributed by atoms with Crippen LogP contribution in [-0.2, 0) is 17.9 Å². The molecule has 0 aliphatic carbocycles. The second-order valence-corrected chi connectivity index (χ2v) is 5.10. The Labute approximate surface area is 105 Å². The van der Waals surface area contributed by atoms with Crippen molar-refractivity contribution in [2.45, 2.75) is 26.9 Å². The van der Waals surface area contributed by atoms with Crippen molar-refractivity contribution in [3.8, 4) is 0 Å². The molecule has 1 aliphatic rings. The van der Waals surface area contributed by atoms with Crippen molar-refractivity contribution in [3.63, 3.8) is 0 Å². The number of carbonyl (C=O) groups excluding carboxylic acids is 1. The lowest BCUT2D eigenvalue weighted by atomic mass is 9.91. The van der Waals surface area contributed by atoms with Crippen molar-refractivity contribution in [3.05, 3.63) is 12.2 Å². The molecule has 1 aromatic heterocycles. The topological polar surface area (TPSA) is 77.0 Å². The number of fused-ring (bicyclic) bond motifs is 1. The molecule has 0 saturated carbocycles. The van der Waals surface area contributed by atoms with Crippen LogP contribution in [0.2, 0.25) is 0 Å². The Balaban J connectivity index is 2.16. The van der Waals surface area contributed by atoms with E-state index in [0.29, 0.717) is 19.6 Å². The number of nitrogens with zero attached hydrogens (tertiary/aromatic N) is 4. The van der Waals surface area contributed by atoms with Gasteiger partial charge in [-0.3, -0.25) is 4.79 Å². The summed E-state index contributed by atoms with van der Waals surface area (Å²) >= 11 is 4.94. The molecule has 1 amide bonds. The molecule has 17 heavy (non-hydrogen) atoms. The summed E-state index contributed by atoms with van der Waals surface area (Å²) in [5, 5.41) is 7.79. The van der Waals surface area contributed by atoms with E-state index in [9.17, 15) is 4.79 Å². The van der Waals surface area contributed by atoms with Crippen molar-refractivity contribution in [2.24, 2.45) is 11.1 Å². The first kappa shape index (κ1) is 12.0. The van der Waals surface area contributed by atoms with E-state index < -0.39 is 5.41 Å². The molecule has 0 unspecified atom stereocenters. The Bertz CT molecular complexity index is 467. The second kappa shape index (κ2) is 4.06. The second-order valence-electron chi connectivity index (χ2n) is 4.66. The van der Waals surface area contributed by atoms with Gasteiger partial charge in [-0.05, 0) is 13.8 Å². The first-order valence-electron chi connectivity index (χ1n) is 5.39. The van der Waals surface area contributed by atoms with Gasteiger partial charge in [-0.1, -0.05) is 12.2 Å². The maximum Gasteiger partial charge on any atom is 0.235 e. The number of nitrogens with two attached hydrogens (primary N) is 1. The number of amides is 1. The van der Waals surface area contributed by atoms with Crippen molar-refractivity contribution in [2.75, 3.05) is 6.54 Å². The van der Waals surface area contributed by atoms with Gasteiger partial charge in [0.25, 0.3) is 0 Å². The fourth-order valence-corrected chi connectivity index (χ4v) is 1.83. The van der Waals surface area contributed by atoms with E-state index in [-0.39, 0.29) is 10.9 Å². The number of hydrogen-bond donors (Lipinski definition) is 1. The van der Waals surface area contributed by atoms with Crippen molar-refractivity contribution in [1.82, 2.24) is 19.7 Å². The number of hydrogen-bond acceptors (Lipinski definition) is 4. The third kappa shape index (κ3) is 2.02. The van der Waals surface area contributed by atoms with Crippen molar-refractivity contribution in [1.29, 1.82) is 0 Å². The molecule has 0 aromatic carbocycles. The van der Waals surface area contributed by atoms with Crippen LogP contribution < -0.4 is 5.73 Å². The third-order valence-corrected chi connectivity index (χ3v) is 3.59. The lowest BCUT2D eigenvalue weighted by Gasteiger charge is -2.33. The maximum absolute atomic E-state index is 12.3. The maximum atomic E-state index is 12.3. The molecule has 0 radical (unpaired) electrons. The number of carbonyl (C=O) groups is 1. The molecule has 2 N–H and O–H groups in total. The molecule has 0 fully saturated rings. The number of thiocarbonyl (C=S) groups is 1. The minimum absolute atomic E-state index is 0.0562. The fourth-order valence-electron chi connectivity index (χ4n) is 1.74. The SMILES string of the molecule is CC(C)(C(=O)N1CCn2cnnc2C1)C(N)=S. The molecule has 2 rings (SSSR count). The summed E-state index contributed by atoms with van der Waals surface area (Å²) in [5.41, 5.74) is 4.80. The molecule has 0 bridgehead atoms. The van der Waals surface area contributed by atoms with Crippen LogP contribution in [0, 0.1) is 5.41 Å². The van der Waals surface area contributed by atoms with Crippen LogP contribution in [0.4, 0.5) is 0 Å². The van der Waals surface area contributed by atoms with Crippen LogP contribution in [0.15, 0.2) is 6.33 Å². The van der Waals surface area contributed by atoms with Gasteiger partial charge in [0.2, 0.25) is 5.91 Å². The van der Waals surface area contributed by atoms with Gasteiger partial charge in [-0.2, -0.15) is 0 Å². The molecular formula is C10H15N5OS. The van der Waals surface area contributed by atoms with E-state index in [0.717, 1.165) is 5.82 Å². The fraction of sp³-hybridized carbons (Fsp3) is 0.600. The summed E-state index contributed by atoms with van der Waals surface area (Å²) in [7, 11) is 0. The average Bonchev–Trinajstić information content (AvgIpc) is 2.74. The zero-order valence-electron chi connectivity index (χ0n) is 9.88. The zero-order chi connectivity index (χ0) is 12.6. The Morgan fingerprint density at radius 1 is 1.53 bits per heavy atom. The molecule has 7 heteroatoms. The van der Waals surface area contributed by atoms with E-state index in [4.69, 9.17) is 18.0 Å². The van der Waals surface area contributed by atoms with Gasteiger partial charge in [0.1, 0.15) is 6.33 Å². The normalized spacial score (nSPS) is 15.5. The van der Waals surface area contributed by atoms with Crippen molar-refractivity contribution >= 4 is 23.1 Å². The Morgan fingerprint density at radius 2 is 2.24 bits per heavy atom. The molecular weight excluding hydrogens is 238 g/mol. The summed E-state index contributed by atoms with van der Waals surface area (Å²) < 4.78 is 1.94. The molecule has 1 aromatic rings. The van der Waals surface area contributed by atoms with Gasteiger partial charge < -0.3 is 15.2 Å². The summed E-state index contributed by atoms with van der Waals surface area (Å²) in [4.78, 5) is 14.2. The van der Waals surface area contributed by atoms with Crippen LogP contribution in [0.25, 0.3) is 0 Å². The van der Waals surface area contributed by atoms with Crippen LogP contribution in [0.3, 0.4) is 0 Å². The first-order valence-corrected chi connectivity index (χ1v) is 5.79. The molecule has 2 heterocycles. The molecule has 6 nitrogen and oxygen atoms in total. The number of rotatable bonds is 2. The molecule has 0 saturated heterocycles. The van der Waals surface area contributed by atoms with Crippen LogP contribution >= 0.6 is 12.2 Å². The summed E-state index contributed by atoms with van der Waals surface area (Å²) in [6, 6.07) is 0. The Morgan fingerprint density at radius 3 is 2.88 bits per heavy atom. The lowest BCUT2D eigenvalue weighted by molar-refractivity contribution is -0.138. The highest BCUT2D eigenvalue weighted by Crippen LogP contribution is 2.22. The monoisotopic (exact) mass is 253 g/mol. The minimum atomic E-state index is -0.808. The van der Waals surface area contributed by atoms with Crippen molar-refractivity contribution < 1.29 is 4.79 Å². The van der Waals surface area contributed by atoms with E-state index >= 15 is 0 Å². The predicted octanol–water partition coefficient (Wildman–Crippen LogP) is -0.0674. The van der Waals surface area contributed by atoms with Gasteiger partial charge >= 0.3 is 0 Å². The third-order valence-electron chi connectivity index (χ3n) is 3.08. The number of aromatic nitrogens is 3. The summed E-state index contributed by atoms with van der Waals surface area (Å²) in [5.74, 6) is 0.739. The van der Waals surface area contributed by atoms with Gasteiger partial charge in [0.15, 0.2) is 5.82 Å². The van der Waals surface area contributed by atoms with E-state index in [1.165, 1.54) is 0 Å². The van der Waals surface area contributed by atoms with Crippen LogP contribution in [-0.4, -0.2) is 37.1 Å². The largest absolute Gasteiger partial charge is 0.392 e. The average molecular weight is 253 g/mol. The van der Waals surface area contributed by atoms with Crippen LogP contribution in [0.5, 0.6) is 0 Å². The summed E-state index contributed by atoms with van der Waals surface area (Å²) in [6.07, 6.45) is 1.68. The quantitative estimate of drug-likeness (QED) is 0.747. The summed E-state index contributed by atoms with van der Waals surface area (Å²) in [6.45, 7) is 5.30. The smallest absolute Gasteiger partial charge is 0.235 e. The zero-order valence-corrected chi connectivity index (χ0v) is 10.7. The minimum Gasteiger partial charge on any atom is -0.392 e. The highest BCUT2D eigenvalue weighted by atomic mass is 32.1. The van der Waals surface area contributed by atoms with Gasteiger partial charge in [0.05, 0.1) is 16.9 Å². The van der Waals surface area contributed by atoms with E-state index in [1.807, 2.05) is 4.57 Å². The lowest BCUT2D eigenvalue weighted by Crippen LogP contribution is -2.49. The van der Waals surface area contributed by atoms with Gasteiger partial charge in [0, 0.05) is 13.1 Å². The molecule has 1 aliphatic heterocycles. The molecule has 0 atom stereocenters. The highest BCUT2D eigenvalue weighted by Gasteiger charge is 2.36. The Kier molecular flexibility index (Phi) is 2.86. The van der Waals surface area contributed by atoms with Crippen LogP contribution in [0.1, 0.15) is 19.7 Å². The van der Waals surface area contributed by atoms with Gasteiger partial charge in [-0.15, -0.1) is 10.2 Å². The first-order chi connectivity index (χ1) is 7.93. The van der Waals surface area contributed by atoms with Gasteiger partial charge in [-0.25, -0.2) is 0 Å². The highest BCUT2D eigenvalue weighted by molar-refractivity contribution is 7.80. The van der Waals surface area contributed by atoms with E-state index in [1.54, 1.807) is 25.1 Å². The molecule has 92 valence electrons. The predicted molar refractivity (Wildman–Crippen MR) is 66.0 cm³/mol. The Hall–Kier alpha value is -1.50. The van der Waals surface area contributed by atoms with E-state index in [2.05, 4.69) is 10.2 Å². The molecule has 0 spiro atoms. The standard InChI is InChI=1S/C10H15N5OS/c1-10(2,8(11)17)9(16)14-3-4-15-6-12-13-7(15)5-14/h6H,3-5H2,1-2H3,(H2,11,17).